The monoisotopic (exact) mass is 232 g/mol. The SMILES string of the molecule is Cc1ccc(-c2csc(C(C)(C)C#N)n2)o1. The van der Waals surface area contributed by atoms with Crippen LogP contribution in [-0.4, -0.2) is 4.98 Å². The lowest BCUT2D eigenvalue weighted by atomic mass is 9.97. The van der Waals surface area contributed by atoms with E-state index >= 15 is 0 Å². The average Bonchev–Trinajstić information content (AvgIpc) is 2.85. The fraction of sp³-hybridized carbons (Fsp3) is 0.333. The average molecular weight is 232 g/mol. The first-order chi connectivity index (χ1) is 7.53. The van der Waals surface area contributed by atoms with E-state index in [1.807, 2.05) is 38.3 Å². The zero-order chi connectivity index (χ0) is 11.8. The van der Waals surface area contributed by atoms with Crippen LogP contribution in [-0.2, 0) is 5.41 Å². The van der Waals surface area contributed by atoms with E-state index < -0.39 is 5.41 Å². The molecule has 0 spiro atoms. The molecule has 0 saturated carbocycles. The molecule has 0 aromatic carbocycles. The molecule has 82 valence electrons. The van der Waals surface area contributed by atoms with Gasteiger partial charge in [0.2, 0.25) is 0 Å². The fourth-order valence-corrected chi connectivity index (χ4v) is 2.18. The van der Waals surface area contributed by atoms with Crippen LogP contribution in [0.4, 0.5) is 0 Å². The van der Waals surface area contributed by atoms with E-state index in [0.29, 0.717) is 0 Å². The van der Waals surface area contributed by atoms with Gasteiger partial charge in [0.25, 0.3) is 0 Å². The second-order valence-electron chi connectivity index (χ2n) is 4.18. The quantitative estimate of drug-likeness (QED) is 0.796. The van der Waals surface area contributed by atoms with Gasteiger partial charge in [-0.25, -0.2) is 4.98 Å². The minimum absolute atomic E-state index is 0.537. The normalized spacial score (nSPS) is 11.4. The van der Waals surface area contributed by atoms with Crippen LogP contribution in [0.1, 0.15) is 24.6 Å². The Morgan fingerprint density at radius 2 is 2.19 bits per heavy atom. The van der Waals surface area contributed by atoms with Gasteiger partial charge in [0, 0.05) is 5.38 Å². The fourth-order valence-electron chi connectivity index (χ4n) is 1.29. The maximum absolute atomic E-state index is 9.02. The topological polar surface area (TPSA) is 49.8 Å². The van der Waals surface area contributed by atoms with Gasteiger partial charge in [-0.3, -0.25) is 0 Å². The molecule has 16 heavy (non-hydrogen) atoms. The number of rotatable bonds is 2. The highest BCUT2D eigenvalue weighted by Crippen LogP contribution is 2.30. The van der Waals surface area contributed by atoms with Crippen molar-refractivity contribution < 1.29 is 4.42 Å². The lowest BCUT2D eigenvalue weighted by molar-refractivity contribution is 0.546. The highest BCUT2D eigenvalue weighted by atomic mass is 32.1. The van der Waals surface area contributed by atoms with E-state index in [1.165, 1.54) is 11.3 Å². The molecule has 0 bridgehead atoms. The second kappa shape index (κ2) is 3.76. The maximum atomic E-state index is 9.02. The summed E-state index contributed by atoms with van der Waals surface area (Å²) < 4.78 is 5.49. The number of aryl methyl sites for hydroxylation is 1. The van der Waals surface area contributed by atoms with Gasteiger partial charge in [0.1, 0.15) is 21.9 Å². The third-order valence-electron chi connectivity index (χ3n) is 2.31. The number of thiazole rings is 1. The van der Waals surface area contributed by atoms with Crippen molar-refractivity contribution in [3.05, 3.63) is 28.3 Å². The first-order valence-corrected chi connectivity index (χ1v) is 5.85. The molecule has 2 rings (SSSR count). The Morgan fingerprint density at radius 1 is 1.44 bits per heavy atom. The zero-order valence-corrected chi connectivity index (χ0v) is 10.3. The molecular weight excluding hydrogens is 220 g/mol. The van der Waals surface area contributed by atoms with E-state index in [9.17, 15) is 0 Å². The summed E-state index contributed by atoms with van der Waals surface area (Å²) in [5.74, 6) is 1.62. The number of nitrogens with zero attached hydrogens (tertiary/aromatic N) is 2. The molecule has 0 fully saturated rings. The van der Waals surface area contributed by atoms with Crippen molar-refractivity contribution >= 4 is 11.3 Å². The Balaban J connectivity index is 2.38. The van der Waals surface area contributed by atoms with Crippen LogP contribution in [0.15, 0.2) is 21.9 Å². The summed E-state index contributed by atoms with van der Waals surface area (Å²) in [4.78, 5) is 4.44. The summed E-state index contributed by atoms with van der Waals surface area (Å²) in [5, 5.41) is 11.8. The molecular formula is C12H12N2OS. The van der Waals surface area contributed by atoms with Gasteiger partial charge in [0.05, 0.1) is 6.07 Å². The van der Waals surface area contributed by atoms with Crippen molar-refractivity contribution in [2.75, 3.05) is 0 Å². The molecule has 0 unspecified atom stereocenters. The molecule has 2 aromatic rings. The maximum Gasteiger partial charge on any atom is 0.153 e. The minimum Gasteiger partial charge on any atom is -0.460 e. The lowest BCUT2D eigenvalue weighted by Crippen LogP contribution is -2.13. The summed E-state index contributed by atoms with van der Waals surface area (Å²) in [6, 6.07) is 6.05. The van der Waals surface area contributed by atoms with Crippen LogP contribution in [0.3, 0.4) is 0 Å². The van der Waals surface area contributed by atoms with Gasteiger partial charge >= 0.3 is 0 Å². The zero-order valence-electron chi connectivity index (χ0n) is 9.44. The molecule has 2 aromatic heterocycles. The molecule has 0 aliphatic heterocycles. The Kier molecular flexibility index (Phi) is 2.56. The minimum atomic E-state index is -0.537. The van der Waals surface area contributed by atoms with Crippen LogP contribution in [0.5, 0.6) is 0 Å². The molecule has 0 N–H and O–H groups in total. The second-order valence-corrected chi connectivity index (χ2v) is 5.04. The number of hydrogen-bond acceptors (Lipinski definition) is 4. The van der Waals surface area contributed by atoms with Crippen molar-refractivity contribution in [2.45, 2.75) is 26.2 Å². The third-order valence-corrected chi connectivity index (χ3v) is 3.48. The van der Waals surface area contributed by atoms with Gasteiger partial charge in [-0.2, -0.15) is 5.26 Å². The number of furan rings is 1. The lowest BCUT2D eigenvalue weighted by Gasteiger charge is -2.09. The molecule has 2 heterocycles. The highest BCUT2D eigenvalue weighted by Gasteiger charge is 2.24. The Hall–Kier alpha value is -1.60. The molecule has 0 amide bonds. The van der Waals surface area contributed by atoms with Crippen LogP contribution in [0, 0.1) is 18.3 Å². The largest absolute Gasteiger partial charge is 0.460 e. The summed E-state index contributed by atoms with van der Waals surface area (Å²) in [6.45, 7) is 5.63. The van der Waals surface area contributed by atoms with Crippen molar-refractivity contribution in [3.8, 4) is 17.5 Å². The van der Waals surface area contributed by atoms with Crippen LogP contribution < -0.4 is 0 Å². The third kappa shape index (κ3) is 1.86. The smallest absolute Gasteiger partial charge is 0.153 e. The first kappa shape index (κ1) is 10.9. The van der Waals surface area contributed by atoms with E-state index in [2.05, 4.69) is 11.1 Å². The first-order valence-electron chi connectivity index (χ1n) is 4.97. The predicted molar refractivity (Wildman–Crippen MR) is 63.2 cm³/mol. The summed E-state index contributed by atoms with van der Waals surface area (Å²) in [5.41, 5.74) is 0.265. The van der Waals surface area contributed by atoms with Gasteiger partial charge in [0.15, 0.2) is 5.76 Å². The van der Waals surface area contributed by atoms with E-state index in [1.54, 1.807) is 0 Å². The predicted octanol–water partition coefficient (Wildman–Crippen LogP) is 3.51. The van der Waals surface area contributed by atoms with E-state index in [-0.39, 0.29) is 0 Å². The van der Waals surface area contributed by atoms with Gasteiger partial charge in [-0.05, 0) is 32.9 Å². The molecule has 0 aliphatic carbocycles. The standard InChI is InChI=1S/C12H12N2OS/c1-8-4-5-10(15-8)9-6-16-11(14-9)12(2,3)7-13/h4-6H,1-3H3. The summed E-state index contributed by atoms with van der Waals surface area (Å²) >= 11 is 1.49. The Morgan fingerprint density at radius 3 is 2.75 bits per heavy atom. The van der Waals surface area contributed by atoms with E-state index in [0.717, 1.165) is 22.2 Å². The summed E-state index contributed by atoms with van der Waals surface area (Å²) in [6.07, 6.45) is 0. The van der Waals surface area contributed by atoms with Crippen molar-refractivity contribution in [1.29, 1.82) is 5.26 Å². The molecule has 0 saturated heterocycles. The van der Waals surface area contributed by atoms with E-state index in [4.69, 9.17) is 9.68 Å². The van der Waals surface area contributed by atoms with Crippen LogP contribution in [0.25, 0.3) is 11.5 Å². The Labute approximate surface area is 98.4 Å². The van der Waals surface area contributed by atoms with Crippen molar-refractivity contribution in [3.63, 3.8) is 0 Å². The Bertz CT molecular complexity index is 545. The number of hydrogen-bond donors (Lipinski definition) is 0. The van der Waals surface area contributed by atoms with Crippen molar-refractivity contribution in [1.82, 2.24) is 4.98 Å². The molecule has 4 heteroatoms. The molecule has 0 radical (unpaired) electrons. The van der Waals surface area contributed by atoms with Gasteiger partial charge < -0.3 is 4.42 Å². The summed E-state index contributed by atoms with van der Waals surface area (Å²) in [7, 11) is 0. The number of nitriles is 1. The van der Waals surface area contributed by atoms with Gasteiger partial charge in [-0.15, -0.1) is 11.3 Å². The molecule has 0 atom stereocenters. The van der Waals surface area contributed by atoms with Crippen LogP contribution in [0.2, 0.25) is 0 Å². The van der Waals surface area contributed by atoms with Crippen LogP contribution >= 0.6 is 11.3 Å². The van der Waals surface area contributed by atoms with Crippen molar-refractivity contribution in [2.24, 2.45) is 0 Å². The highest BCUT2D eigenvalue weighted by molar-refractivity contribution is 7.10. The molecule has 3 nitrogen and oxygen atoms in total. The van der Waals surface area contributed by atoms with Gasteiger partial charge in [-0.1, -0.05) is 0 Å². The number of aromatic nitrogens is 1. The molecule has 0 aliphatic rings.